The van der Waals surface area contributed by atoms with Gasteiger partial charge in [0.1, 0.15) is 0 Å². The van der Waals surface area contributed by atoms with Gasteiger partial charge >= 0.3 is 0 Å². The second kappa shape index (κ2) is 5.12. The van der Waals surface area contributed by atoms with Gasteiger partial charge in [-0.15, -0.1) is 0 Å². The molecular formula is C12H17NO2. The van der Waals surface area contributed by atoms with E-state index in [0.717, 1.165) is 44.2 Å². The van der Waals surface area contributed by atoms with Crippen molar-refractivity contribution < 1.29 is 9.47 Å². The van der Waals surface area contributed by atoms with Crippen molar-refractivity contribution in [3.63, 3.8) is 0 Å². The van der Waals surface area contributed by atoms with E-state index in [1.54, 1.807) is 0 Å². The molecule has 0 radical (unpaired) electrons. The van der Waals surface area contributed by atoms with Gasteiger partial charge < -0.3 is 9.47 Å². The molecule has 0 spiro atoms. The number of pyridine rings is 1. The van der Waals surface area contributed by atoms with Gasteiger partial charge in [0, 0.05) is 25.0 Å². The Morgan fingerprint density at radius 2 is 2.20 bits per heavy atom. The number of hydrogen-bond acceptors (Lipinski definition) is 3. The molecule has 0 N–H and O–H groups in total. The van der Waals surface area contributed by atoms with Gasteiger partial charge in [-0.05, 0) is 31.7 Å². The first-order chi connectivity index (χ1) is 7.34. The molecule has 0 aromatic carbocycles. The predicted molar refractivity (Wildman–Crippen MR) is 58.0 cm³/mol. The van der Waals surface area contributed by atoms with Crippen LogP contribution in [0.5, 0.6) is 5.88 Å². The molecule has 15 heavy (non-hydrogen) atoms. The maximum atomic E-state index is 5.66. The molecule has 0 unspecified atom stereocenters. The average molecular weight is 207 g/mol. The third kappa shape index (κ3) is 3.20. The highest BCUT2D eigenvalue weighted by atomic mass is 16.5. The SMILES string of the molecule is Cc1cccc(OCC2CCOCC2)n1. The Labute approximate surface area is 90.4 Å². The minimum atomic E-state index is 0.626. The van der Waals surface area contributed by atoms with Crippen LogP contribution in [-0.4, -0.2) is 24.8 Å². The molecule has 0 aliphatic carbocycles. The standard InChI is InChI=1S/C12H17NO2/c1-10-3-2-4-12(13-10)15-9-11-5-7-14-8-6-11/h2-4,11H,5-9H2,1H3. The monoisotopic (exact) mass is 207 g/mol. The smallest absolute Gasteiger partial charge is 0.213 e. The van der Waals surface area contributed by atoms with E-state index >= 15 is 0 Å². The van der Waals surface area contributed by atoms with Crippen LogP contribution < -0.4 is 4.74 Å². The molecule has 1 aliphatic rings. The minimum Gasteiger partial charge on any atom is -0.477 e. The number of aromatic nitrogens is 1. The van der Waals surface area contributed by atoms with E-state index in [2.05, 4.69) is 4.98 Å². The molecular weight excluding hydrogens is 190 g/mol. The fourth-order valence-electron chi connectivity index (χ4n) is 1.71. The van der Waals surface area contributed by atoms with Gasteiger partial charge in [-0.1, -0.05) is 6.07 Å². The van der Waals surface area contributed by atoms with Gasteiger partial charge in [-0.2, -0.15) is 0 Å². The largest absolute Gasteiger partial charge is 0.477 e. The van der Waals surface area contributed by atoms with Crippen LogP contribution in [0.2, 0.25) is 0 Å². The summed E-state index contributed by atoms with van der Waals surface area (Å²) in [6.07, 6.45) is 2.21. The second-order valence-corrected chi connectivity index (χ2v) is 3.98. The number of aryl methyl sites for hydroxylation is 1. The Balaban J connectivity index is 1.81. The molecule has 2 rings (SSSR count). The molecule has 3 nitrogen and oxygen atoms in total. The zero-order valence-electron chi connectivity index (χ0n) is 9.11. The summed E-state index contributed by atoms with van der Waals surface area (Å²) < 4.78 is 11.0. The van der Waals surface area contributed by atoms with Gasteiger partial charge in [0.15, 0.2) is 0 Å². The van der Waals surface area contributed by atoms with Crippen molar-refractivity contribution in [3.8, 4) is 5.88 Å². The van der Waals surface area contributed by atoms with Crippen LogP contribution in [0.3, 0.4) is 0 Å². The van der Waals surface area contributed by atoms with Crippen molar-refractivity contribution >= 4 is 0 Å². The van der Waals surface area contributed by atoms with E-state index in [4.69, 9.17) is 9.47 Å². The number of hydrogen-bond donors (Lipinski definition) is 0. The quantitative estimate of drug-likeness (QED) is 0.761. The summed E-state index contributed by atoms with van der Waals surface area (Å²) in [7, 11) is 0. The van der Waals surface area contributed by atoms with Crippen molar-refractivity contribution in [2.45, 2.75) is 19.8 Å². The predicted octanol–water partition coefficient (Wildman–Crippen LogP) is 2.20. The van der Waals surface area contributed by atoms with E-state index in [1.165, 1.54) is 0 Å². The highest BCUT2D eigenvalue weighted by molar-refractivity contribution is 5.14. The molecule has 0 amide bonds. The molecule has 0 atom stereocenters. The van der Waals surface area contributed by atoms with Crippen LogP contribution in [-0.2, 0) is 4.74 Å². The molecule has 1 aromatic heterocycles. The lowest BCUT2D eigenvalue weighted by Gasteiger charge is -2.21. The fraction of sp³-hybridized carbons (Fsp3) is 0.583. The molecule has 1 fully saturated rings. The summed E-state index contributed by atoms with van der Waals surface area (Å²) in [5.41, 5.74) is 1.000. The zero-order valence-corrected chi connectivity index (χ0v) is 9.11. The van der Waals surface area contributed by atoms with E-state index < -0.39 is 0 Å². The van der Waals surface area contributed by atoms with Crippen molar-refractivity contribution in [2.24, 2.45) is 5.92 Å². The van der Waals surface area contributed by atoms with Crippen LogP contribution in [0.25, 0.3) is 0 Å². The number of nitrogens with zero attached hydrogens (tertiary/aromatic N) is 1. The summed E-state index contributed by atoms with van der Waals surface area (Å²) in [6, 6.07) is 5.86. The summed E-state index contributed by atoms with van der Waals surface area (Å²) in [5, 5.41) is 0. The Morgan fingerprint density at radius 1 is 1.40 bits per heavy atom. The van der Waals surface area contributed by atoms with E-state index in [1.807, 2.05) is 25.1 Å². The summed E-state index contributed by atoms with van der Waals surface area (Å²) in [5.74, 6) is 1.36. The Hall–Kier alpha value is -1.09. The third-order valence-corrected chi connectivity index (χ3v) is 2.67. The molecule has 1 aliphatic heterocycles. The molecule has 0 saturated carbocycles. The first kappa shape index (κ1) is 10.4. The topological polar surface area (TPSA) is 31.4 Å². The van der Waals surface area contributed by atoms with E-state index in [9.17, 15) is 0 Å². The lowest BCUT2D eigenvalue weighted by atomic mass is 10.0. The van der Waals surface area contributed by atoms with Gasteiger partial charge in [-0.25, -0.2) is 4.98 Å². The normalized spacial score (nSPS) is 17.7. The molecule has 1 saturated heterocycles. The lowest BCUT2D eigenvalue weighted by Crippen LogP contribution is -2.21. The Kier molecular flexibility index (Phi) is 3.56. The van der Waals surface area contributed by atoms with Crippen LogP contribution in [0.1, 0.15) is 18.5 Å². The second-order valence-electron chi connectivity index (χ2n) is 3.98. The van der Waals surface area contributed by atoms with Crippen LogP contribution in [0, 0.1) is 12.8 Å². The summed E-state index contributed by atoms with van der Waals surface area (Å²) in [6.45, 7) is 4.48. The van der Waals surface area contributed by atoms with Crippen LogP contribution in [0.4, 0.5) is 0 Å². The average Bonchev–Trinajstić information content (AvgIpc) is 2.28. The molecule has 0 bridgehead atoms. The highest BCUT2D eigenvalue weighted by Crippen LogP contribution is 2.16. The van der Waals surface area contributed by atoms with E-state index in [-0.39, 0.29) is 0 Å². The van der Waals surface area contributed by atoms with Crippen LogP contribution in [0.15, 0.2) is 18.2 Å². The first-order valence-electron chi connectivity index (χ1n) is 5.49. The summed E-state index contributed by atoms with van der Waals surface area (Å²) >= 11 is 0. The first-order valence-corrected chi connectivity index (χ1v) is 5.49. The third-order valence-electron chi connectivity index (χ3n) is 2.67. The van der Waals surface area contributed by atoms with Gasteiger partial charge in [0.05, 0.1) is 6.61 Å². The van der Waals surface area contributed by atoms with Crippen molar-refractivity contribution in [2.75, 3.05) is 19.8 Å². The van der Waals surface area contributed by atoms with Gasteiger partial charge in [-0.3, -0.25) is 0 Å². The zero-order chi connectivity index (χ0) is 10.5. The number of rotatable bonds is 3. The molecule has 1 aromatic rings. The highest BCUT2D eigenvalue weighted by Gasteiger charge is 2.14. The van der Waals surface area contributed by atoms with Gasteiger partial charge in [0.2, 0.25) is 5.88 Å². The van der Waals surface area contributed by atoms with Crippen LogP contribution >= 0.6 is 0 Å². The summed E-state index contributed by atoms with van der Waals surface area (Å²) in [4.78, 5) is 4.30. The lowest BCUT2D eigenvalue weighted by molar-refractivity contribution is 0.0490. The molecule has 2 heterocycles. The fourth-order valence-corrected chi connectivity index (χ4v) is 1.71. The van der Waals surface area contributed by atoms with E-state index in [0.29, 0.717) is 5.92 Å². The maximum Gasteiger partial charge on any atom is 0.213 e. The van der Waals surface area contributed by atoms with Gasteiger partial charge in [0.25, 0.3) is 0 Å². The van der Waals surface area contributed by atoms with Crippen molar-refractivity contribution in [3.05, 3.63) is 23.9 Å². The minimum absolute atomic E-state index is 0.626. The molecule has 3 heteroatoms. The van der Waals surface area contributed by atoms with Crippen molar-refractivity contribution in [1.29, 1.82) is 0 Å². The van der Waals surface area contributed by atoms with Crippen molar-refractivity contribution in [1.82, 2.24) is 4.98 Å². The Bertz CT molecular complexity index is 308. The molecule has 82 valence electrons. The number of ether oxygens (including phenoxy) is 2. The Morgan fingerprint density at radius 3 is 2.93 bits per heavy atom. The maximum absolute atomic E-state index is 5.66.